The molecular formula is C15H25N3O. The van der Waals surface area contributed by atoms with Gasteiger partial charge in [-0.15, -0.1) is 0 Å². The molecule has 4 heteroatoms. The number of rotatable bonds is 6. The number of pyridine rings is 1. The Balaban J connectivity index is 2.06. The summed E-state index contributed by atoms with van der Waals surface area (Å²) in [6.07, 6.45) is 5.53. The van der Waals surface area contributed by atoms with Crippen molar-refractivity contribution in [3.8, 4) is 5.88 Å². The molecule has 0 saturated carbocycles. The van der Waals surface area contributed by atoms with Crippen molar-refractivity contribution in [1.82, 2.24) is 15.2 Å². The van der Waals surface area contributed by atoms with Crippen LogP contribution in [0.4, 0.5) is 0 Å². The fraction of sp³-hybridized carbons (Fsp3) is 0.667. The number of methoxy groups -OCH3 is 1. The van der Waals surface area contributed by atoms with Crippen LogP contribution in [0.25, 0.3) is 0 Å². The van der Waals surface area contributed by atoms with Crippen LogP contribution in [-0.4, -0.2) is 42.7 Å². The Morgan fingerprint density at radius 1 is 1.53 bits per heavy atom. The second-order valence-electron chi connectivity index (χ2n) is 5.14. The van der Waals surface area contributed by atoms with Crippen molar-refractivity contribution in [3.63, 3.8) is 0 Å². The summed E-state index contributed by atoms with van der Waals surface area (Å²) in [5.74, 6) is 0.757. The smallest absolute Gasteiger partial charge is 0.217 e. The van der Waals surface area contributed by atoms with E-state index in [2.05, 4.69) is 28.2 Å². The molecule has 106 valence electrons. The second-order valence-corrected chi connectivity index (χ2v) is 5.14. The first kappa shape index (κ1) is 14.3. The van der Waals surface area contributed by atoms with Gasteiger partial charge in [-0.2, -0.15) is 0 Å². The van der Waals surface area contributed by atoms with Crippen LogP contribution < -0.4 is 10.1 Å². The maximum Gasteiger partial charge on any atom is 0.217 e. The van der Waals surface area contributed by atoms with Crippen molar-refractivity contribution >= 4 is 0 Å². The molecule has 0 aliphatic carbocycles. The lowest BCUT2D eigenvalue weighted by Crippen LogP contribution is -2.45. The first-order valence-electron chi connectivity index (χ1n) is 7.27. The van der Waals surface area contributed by atoms with Gasteiger partial charge in [-0.1, -0.05) is 13.0 Å². The number of piperidine rings is 1. The van der Waals surface area contributed by atoms with Crippen LogP contribution in [0.15, 0.2) is 18.3 Å². The normalized spacial score (nSPS) is 19.6. The van der Waals surface area contributed by atoms with E-state index in [0.29, 0.717) is 6.04 Å². The van der Waals surface area contributed by atoms with Crippen LogP contribution >= 0.6 is 0 Å². The van der Waals surface area contributed by atoms with Crippen molar-refractivity contribution < 1.29 is 4.74 Å². The van der Waals surface area contributed by atoms with Gasteiger partial charge >= 0.3 is 0 Å². The summed E-state index contributed by atoms with van der Waals surface area (Å²) in [6.45, 7) is 6.56. The third-order valence-electron chi connectivity index (χ3n) is 3.71. The monoisotopic (exact) mass is 263 g/mol. The van der Waals surface area contributed by atoms with Gasteiger partial charge in [0.15, 0.2) is 0 Å². The zero-order chi connectivity index (χ0) is 13.5. The summed E-state index contributed by atoms with van der Waals surface area (Å²) in [5, 5.41) is 3.50. The molecular weight excluding hydrogens is 238 g/mol. The Labute approximate surface area is 116 Å². The average Bonchev–Trinajstić information content (AvgIpc) is 2.48. The Morgan fingerprint density at radius 3 is 3.11 bits per heavy atom. The van der Waals surface area contributed by atoms with Crippen molar-refractivity contribution in [2.75, 3.05) is 26.7 Å². The van der Waals surface area contributed by atoms with Crippen molar-refractivity contribution in [1.29, 1.82) is 0 Å². The molecule has 0 radical (unpaired) electrons. The Hall–Kier alpha value is -1.13. The molecule has 0 bridgehead atoms. The minimum absolute atomic E-state index is 0.638. The summed E-state index contributed by atoms with van der Waals surface area (Å²) >= 11 is 0. The molecule has 1 N–H and O–H groups in total. The maximum atomic E-state index is 5.36. The lowest BCUT2D eigenvalue weighted by Gasteiger charge is -2.34. The van der Waals surface area contributed by atoms with E-state index >= 15 is 0 Å². The first-order valence-corrected chi connectivity index (χ1v) is 7.27. The summed E-state index contributed by atoms with van der Waals surface area (Å²) in [6, 6.07) is 4.74. The third kappa shape index (κ3) is 3.91. The van der Waals surface area contributed by atoms with E-state index in [-0.39, 0.29) is 0 Å². The number of ether oxygens (including phenoxy) is 1. The molecule has 1 aliphatic rings. The van der Waals surface area contributed by atoms with Gasteiger partial charge in [-0.25, -0.2) is 4.98 Å². The van der Waals surface area contributed by atoms with Gasteiger partial charge in [0.2, 0.25) is 5.88 Å². The van der Waals surface area contributed by atoms with Gasteiger partial charge in [-0.3, -0.25) is 4.90 Å². The van der Waals surface area contributed by atoms with E-state index in [4.69, 9.17) is 4.74 Å². The summed E-state index contributed by atoms with van der Waals surface area (Å²) in [5.41, 5.74) is 1.18. The molecule has 1 saturated heterocycles. The summed E-state index contributed by atoms with van der Waals surface area (Å²) < 4.78 is 5.36. The van der Waals surface area contributed by atoms with Gasteiger partial charge in [0, 0.05) is 30.9 Å². The predicted molar refractivity (Wildman–Crippen MR) is 77.4 cm³/mol. The molecule has 0 aromatic carbocycles. The minimum Gasteiger partial charge on any atom is -0.481 e. The van der Waals surface area contributed by atoms with Crippen LogP contribution in [0.2, 0.25) is 0 Å². The van der Waals surface area contributed by atoms with E-state index in [1.54, 1.807) is 13.3 Å². The van der Waals surface area contributed by atoms with Gasteiger partial charge in [0.1, 0.15) is 0 Å². The van der Waals surface area contributed by atoms with Crippen LogP contribution in [0.3, 0.4) is 0 Å². The highest BCUT2D eigenvalue weighted by molar-refractivity contribution is 5.25. The van der Waals surface area contributed by atoms with E-state index in [1.165, 1.54) is 24.8 Å². The van der Waals surface area contributed by atoms with Crippen LogP contribution in [0, 0.1) is 0 Å². The quantitative estimate of drug-likeness (QED) is 0.852. The fourth-order valence-electron chi connectivity index (χ4n) is 2.77. The van der Waals surface area contributed by atoms with Crippen LogP contribution in [0.5, 0.6) is 5.88 Å². The van der Waals surface area contributed by atoms with Crippen LogP contribution in [0.1, 0.15) is 31.7 Å². The molecule has 4 nitrogen and oxygen atoms in total. The zero-order valence-electron chi connectivity index (χ0n) is 12.1. The number of nitrogens with one attached hydrogen (secondary N) is 1. The Kier molecular flexibility index (Phi) is 5.61. The number of hydrogen-bond donors (Lipinski definition) is 1. The zero-order valence-corrected chi connectivity index (χ0v) is 12.1. The molecule has 1 unspecified atom stereocenters. The highest BCUT2D eigenvalue weighted by Crippen LogP contribution is 2.20. The number of aromatic nitrogens is 1. The highest BCUT2D eigenvalue weighted by atomic mass is 16.5. The van der Waals surface area contributed by atoms with Gasteiger partial charge in [-0.05, 0) is 38.4 Å². The lowest BCUT2D eigenvalue weighted by molar-refractivity contribution is 0.156. The second kappa shape index (κ2) is 7.46. The third-order valence-corrected chi connectivity index (χ3v) is 3.71. The number of hydrogen-bond acceptors (Lipinski definition) is 4. The molecule has 0 amide bonds. The van der Waals surface area contributed by atoms with E-state index in [9.17, 15) is 0 Å². The summed E-state index contributed by atoms with van der Waals surface area (Å²) in [7, 11) is 1.69. The topological polar surface area (TPSA) is 37.4 Å². The summed E-state index contributed by atoms with van der Waals surface area (Å²) in [4.78, 5) is 6.85. The van der Waals surface area contributed by atoms with Gasteiger partial charge in [0.25, 0.3) is 0 Å². The largest absolute Gasteiger partial charge is 0.481 e. The Bertz CT molecular complexity index is 377. The molecule has 0 spiro atoms. The van der Waals surface area contributed by atoms with Crippen molar-refractivity contribution in [2.24, 2.45) is 0 Å². The molecule has 1 fully saturated rings. The average molecular weight is 263 g/mol. The van der Waals surface area contributed by atoms with Crippen LogP contribution in [-0.2, 0) is 6.54 Å². The molecule has 1 aromatic heterocycles. The molecule has 2 heterocycles. The van der Waals surface area contributed by atoms with E-state index < -0.39 is 0 Å². The molecule has 1 aliphatic heterocycles. The first-order chi connectivity index (χ1) is 9.35. The predicted octanol–water partition coefficient (Wildman–Crippen LogP) is 2.05. The van der Waals surface area contributed by atoms with Crippen molar-refractivity contribution in [3.05, 3.63) is 23.9 Å². The van der Waals surface area contributed by atoms with Gasteiger partial charge < -0.3 is 10.1 Å². The van der Waals surface area contributed by atoms with E-state index in [1.807, 2.05) is 6.07 Å². The Morgan fingerprint density at radius 2 is 2.42 bits per heavy atom. The van der Waals surface area contributed by atoms with Gasteiger partial charge in [0.05, 0.1) is 7.11 Å². The minimum atomic E-state index is 0.638. The maximum absolute atomic E-state index is 5.36. The molecule has 1 atom stereocenters. The lowest BCUT2D eigenvalue weighted by atomic mass is 10.0. The van der Waals surface area contributed by atoms with E-state index in [0.717, 1.165) is 32.1 Å². The molecule has 2 rings (SSSR count). The van der Waals surface area contributed by atoms with Crippen molar-refractivity contribution in [2.45, 2.75) is 38.8 Å². The number of nitrogens with zero attached hydrogens (tertiary/aromatic N) is 2. The fourth-order valence-corrected chi connectivity index (χ4v) is 2.77. The standard InChI is InChI=1S/C15H25N3O/c1-3-10-18(14-7-5-8-16-11-14)12-13-6-4-9-17-15(13)19-2/h4,6,9,14,16H,3,5,7-8,10-12H2,1-2H3. The molecule has 19 heavy (non-hydrogen) atoms. The molecule has 1 aromatic rings. The SMILES string of the molecule is CCCN(Cc1cccnc1OC)C1CCCNC1. The highest BCUT2D eigenvalue weighted by Gasteiger charge is 2.21.